The van der Waals surface area contributed by atoms with Crippen LogP contribution >= 0.6 is 11.6 Å². The van der Waals surface area contributed by atoms with Gasteiger partial charge in [-0.25, -0.2) is 4.39 Å². The zero-order valence-electron chi connectivity index (χ0n) is 9.89. The summed E-state index contributed by atoms with van der Waals surface area (Å²) in [7, 11) is 0. The summed E-state index contributed by atoms with van der Waals surface area (Å²) in [6.45, 7) is 5.22. The maximum Gasteiger partial charge on any atom is 0.126 e. The van der Waals surface area contributed by atoms with Crippen molar-refractivity contribution >= 4 is 11.6 Å². The summed E-state index contributed by atoms with van der Waals surface area (Å²) in [5, 5.41) is 3.95. The summed E-state index contributed by atoms with van der Waals surface area (Å²) < 4.78 is 13.4. The molecule has 0 fully saturated rings. The van der Waals surface area contributed by atoms with Crippen molar-refractivity contribution in [2.45, 2.75) is 39.2 Å². The minimum absolute atomic E-state index is 0.152. The molecule has 16 heavy (non-hydrogen) atoms. The first-order valence-electron chi connectivity index (χ1n) is 5.80. The maximum atomic E-state index is 13.4. The first kappa shape index (κ1) is 13.5. The lowest BCUT2D eigenvalue weighted by atomic mass is 10.0. The van der Waals surface area contributed by atoms with Gasteiger partial charge in [-0.1, -0.05) is 18.5 Å². The SMILES string of the molecule is CCNC(C)CCCc1cc(Cl)ccc1F. The molecule has 1 atom stereocenters. The highest BCUT2D eigenvalue weighted by atomic mass is 35.5. The number of hydrogen-bond donors (Lipinski definition) is 1. The van der Waals surface area contributed by atoms with E-state index >= 15 is 0 Å². The Balaban J connectivity index is 2.39. The monoisotopic (exact) mass is 243 g/mol. The number of benzene rings is 1. The number of aryl methyl sites for hydroxylation is 1. The predicted molar refractivity (Wildman–Crippen MR) is 67.5 cm³/mol. The molecular weight excluding hydrogens is 225 g/mol. The fourth-order valence-corrected chi connectivity index (χ4v) is 1.98. The van der Waals surface area contributed by atoms with E-state index in [1.165, 1.54) is 6.07 Å². The van der Waals surface area contributed by atoms with E-state index in [4.69, 9.17) is 11.6 Å². The van der Waals surface area contributed by atoms with Crippen LogP contribution in [0.25, 0.3) is 0 Å². The van der Waals surface area contributed by atoms with Crippen molar-refractivity contribution in [3.8, 4) is 0 Å². The Hall–Kier alpha value is -0.600. The van der Waals surface area contributed by atoms with Crippen LogP contribution in [-0.2, 0) is 6.42 Å². The molecule has 3 heteroatoms. The molecule has 0 radical (unpaired) electrons. The zero-order chi connectivity index (χ0) is 12.0. The molecule has 1 rings (SSSR count). The lowest BCUT2D eigenvalue weighted by Crippen LogP contribution is -2.25. The molecule has 0 aliphatic rings. The zero-order valence-corrected chi connectivity index (χ0v) is 10.6. The molecule has 1 unspecified atom stereocenters. The van der Waals surface area contributed by atoms with E-state index in [1.54, 1.807) is 12.1 Å². The van der Waals surface area contributed by atoms with Crippen LogP contribution in [-0.4, -0.2) is 12.6 Å². The minimum Gasteiger partial charge on any atom is -0.315 e. The molecule has 0 heterocycles. The molecule has 0 amide bonds. The number of nitrogens with one attached hydrogen (secondary N) is 1. The molecule has 1 aromatic rings. The fourth-order valence-electron chi connectivity index (χ4n) is 1.78. The summed E-state index contributed by atoms with van der Waals surface area (Å²) in [5.41, 5.74) is 0.719. The molecule has 1 N–H and O–H groups in total. The van der Waals surface area contributed by atoms with E-state index < -0.39 is 0 Å². The van der Waals surface area contributed by atoms with Gasteiger partial charge in [-0.3, -0.25) is 0 Å². The number of hydrogen-bond acceptors (Lipinski definition) is 1. The number of halogens is 2. The van der Waals surface area contributed by atoms with Crippen molar-refractivity contribution < 1.29 is 4.39 Å². The van der Waals surface area contributed by atoms with Gasteiger partial charge in [0.2, 0.25) is 0 Å². The Labute approximate surface area is 102 Å². The van der Waals surface area contributed by atoms with Crippen molar-refractivity contribution in [3.05, 3.63) is 34.6 Å². The van der Waals surface area contributed by atoms with Crippen molar-refractivity contribution in [1.29, 1.82) is 0 Å². The van der Waals surface area contributed by atoms with Crippen LogP contribution in [0.4, 0.5) is 4.39 Å². The van der Waals surface area contributed by atoms with E-state index in [9.17, 15) is 4.39 Å². The summed E-state index contributed by atoms with van der Waals surface area (Å²) in [4.78, 5) is 0. The van der Waals surface area contributed by atoms with Gasteiger partial charge in [0, 0.05) is 11.1 Å². The highest BCUT2D eigenvalue weighted by Crippen LogP contribution is 2.17. The van der Waals surface area contributed by atoms with Crippen LogP contribution in [0.3, 0.4) is 0 Å². The van der Waals surface area contributed by atoms with Gasteiger partial charge in [-0.05, 0) is 56.5 Å². The lowest BCUT2D eigenvalue weighted by molar-refractivity contribution is 0.507. The van der Waals surface area contributed by atoms with Gasteiger partial charge in [0.05, 0.1) is 0 Å². The summed E-state index contributed by atoms with van der Waals surface area (Å²) in [6, 6.07) is 5.23. The minimum atomic E-state index is -0.152. The molecule has 0 saturated carbocycles. The van der Waals surface area contributed by atoms with E-state index in [1.807, 2.05) is 0 Å². The van der Waals surface area contributed by atoms with E-state index in [0.717, 1.165) is 31.4 Å². The van der Waals surface area contributed by atoms with Gasteiger partial charge in [0.25, 0.3) is 0 Å². The standard InChI is InChI=1S/C13H19ClFN/c1-3-16-10(2)5-4-6-11-9-12(14)7-8-13(11)15/h7-10,16H,3-6H2,1-2H3. The van der Waals surface area contributed by atoms with Gasteiger partial charge in [-0.15, -0.1) is 0 Å². The average molecular weight is 244 g/mol. The second kappa shape index (κ2) is 6.87. The molecule has 1 nitrogen and oxygen atoms in total. The Morgan fingerprint density at radius 1 is 1.44 bits per heavy atom. The van der Waals surface area contributed by atoms with Crippen LogP contribution in [0.1, 0.15) is 32.3 Å². The Morgan fingerprint density at radius 3 is 2.88 bits per heavy atom. The molecule has 0 bridgehead atoms. The first-order chi connectivity index (χ1) is 7.63. The summed E-state index contributed by atoms with van der Waals surface area (Å²) in [6.07, 6.45) is 2.79. The van der Waals surface area contributed by atoms with Gasteiger partial charge in [0.1, 0.15) is 5.82 Å². The van der Waals surface area contributed by atoms with Gasteiger partial charge in [-0.2, -0.15) is 0 Å². The van der Waals surface area contributed by atoms with E-state index in [0.29, 0.717) is 11.1 Å². The summed E-state index contributed by atoms with van der Waals surface area (Å²) in [5.74, 6) is -0.152. The second-order valence-corrected chi connectivity index (χ2v) is 4.52. The van der Waals surface area contributed by atoms with Crippen LogP contribution in [0.5, 0.6) is 0 Å². The Kier molecular flexibility index (Phi) is 5.78. The van der Waals surface area contributed by atoms with Crippen LogP contribution in [0.2, 0.25) is 5.02 Å². The predicted octanol–water partition coefficient (Wildman–Crippen LogP) is 3.80. The molecular formula is C13H19ClFN. The van der Waals surface area contributed by atoms with Gasteiger partial charge < -0.3 is 5.32 Å². The highest BCUT2D eigenvalue weighted by Gasteiger charge is 2.04. The third kappa shape index (κ3) is 4.50. The Morgan fingerprint density at radius 2 is 2.19 bits per heavy atom. The van der Waals surface area contributed by atoms with Crippen molar-refractivity contribution in [3.63, 3.8) is 0 Å². The van der Waals surface area contributed by atoms with E-state index in [-0.39, 0.29) is 5.82 Å². The van der Waals surface area contributed by atoms with Crippen LogP contribution < -0.4 is 5.32 Å². The van der Waals surface area contributed by atoms with E-state index in [2.05, 4.69) is 19.2 Å². The molecule has 0 saturated heterocycles. The normalized spacial score (nSPS) is 12.8. The second-order valence-electron chi connectivity index (χ2n) is 4.09. The summed E-state index contributed by atoms with van der Waals surface area (Å²) >= 11 is 5.83. The lowest BCUT2D eigenvalue weighted by Gasteiger charge is -2.11. The first-order valence-corrected chi connectivity index (χ1v) is 6.18. The van der Waals surface area contributed by atoms with Crippen molar-refractivity contribution in [2.75, 3.05) is 6.54 Å². The third-order valence-corrected chi connectivity index (χ3v) is 2.88. The molecule has 1 aromatic carbocycles. The fraction of sp³-hybridized carbons (Fsp3) is 0.538. The van der Waals surface area contributed by atoms with Gasteiger partial charge in [0.15, 0.2) is 0 Å². The smallest absolute Gasteiger partial charge is 0.126 e. The molecule has 0 aromatic heterocycles. The topological polar surface area (TPSA) is 12.0 Å². The largest absolute Gasteiger partial charge is 0.315 e. The molecule has 0 aliphatic heterocycles. The average Bonchev–Trinajstić information content (AvgIpc) is 2.23. The Bertz CT molecular complexity index is 328. The van der Waals surface area contributed by atoms with Crippen molar-refractivity contribution in [2.24, 2.45) is 0 Å². The quantitative estimate of drug-likeness (QED) is 0.802. The molecule has 90 valence electrons. The number of rotatable bonds is 6. The van der Waals surface area contributed by atoms with Gasteiger partial charge >= 0.3 is 0 Å². The molecule has 0 aliphatic carbocycles. The van der Waals surface area contributed by atoms with Crippen LogP contribution in [0.15, 0.2) is 18.2 Å². The maximum absolute atomic E-state index is 13.4. The molecule has 0 spiro atoms. The van der Waals surface area contributed by atoms with Crippen molar-refractivity contribution in [1.82, 2.24) is 5.32 Å². The highest BCUT2D eigenvalue weighted by molar-refractivity contribution is 6.30. The third-order valence-electron chi connectivity index (χ3n) is 2.64. The van der Waals surface area contributed by atoms with Crippen LogP contribution in [0, 0.1) is 5.82 Å².